The number of allylic oxidation sites excluding steroid dienone is 2. The van der Waals surface area contributed by atoms with Gasteiger partial charge in [-0.05, 0) is 0 Å². The third kappa shape index (κ3) is 3.09. The summed E-state index contributed by atoms with van der Waals surface area (Å²) in [7, 11) is 0. The molecule has 0 radical (unpaired) electrons. The van der Waals surface area contributed by atoms with Crippen LogP contribution in [0.15, 0.2) is 9.98 Å². The van der Waals surface area contributed by atoms with E-state index < -0.39 is 0 Å². The topological polar surface area (TPSA) is 0 Å². The molecule has 0 aliphatic carbocycles. The van der Waals surface area contributed by atoms with E-state index in [1.54, 1.807) is 9.98 Å². The van der Waals surface area contributed by atoms with Crippen molar-refractivity contribution >= 4 is 16.5 Å². The monoisotopic (exact) mass is 188 g/mol. The zero-order valence-electron chi connectivity index (χ0n) is 7.12. The van der Waals surface area contributed by atoms with Crippen LogP contribution in [0, 0.1) is 0 Å². The van der Waals surface area contributed by atoms with Gasteiger partial charge in [-0.1, -0.05) is 0 Å². The standard InChI is InChI=1S/C8H18Ge/c1-4-7(5-2)8(9)6-3/h4-6H2,1-3,9H3. The SMILES string of the molecule is CC[C]([GeH3])=C(CC)CC. The van der Waals surface area contributed by atoms with Crippen molar-refractivity contribution in [1.29, 1.82) is 0 Å². The van der Waals surface area contributed by atoms with Gasteiger partial charge in [0, 0.05) is 0 Å². The minimum absolute atomic E-state index is 0.934. The molecule has 0 unspecified atom stereocenters. The summed E-state index contributed by atoms with van der Waals surface area (Å²) in [5.74, 6) is 0. The summed E-state index contributed by atoms with van der Waals surface area (Å²) in [6.45, 7) is 6.80. The maximum absolute atomic E-state index is 2.27. The molecule has 0 fully saturated rings. The van der Waals surface area contributed by atoms with E-state index in [1.165, 1.54) is 19.3 Å². The molecule has 0 aliphatic heterocycles. The van der Waals surface area contributed by atoms with E-state index in [4.69, 9.17) is 0 Å². The first-order chi connectivity index (χ1) is 4.26. The van der Waals surface area contributed by atoms with Crippen molar-refractivity contribution in [2.75, 3.05) is 0 Å². The fourth-order valence-electron chi connectivity index (χ4n) is 1.10. The zero-order valence-corrected chi connectivity index (χ0v) is 11.3. The summed E-state index contributed by atoms with van der Waals surface area (Å²) < 4.78 is 1.77. The molecule has 9 heavy (non-hydrogen) atoms. The number of hydrogen-bond acceptors (Lipinski definition) is 0. The molecular weight excluding hydrogens is 169 g/mol. The van der Waals surface area contributed by atoms with Gasteiger partial charge in [0.05, 0.1) is 0 Å². The summed E-state index contributed by atoms with van der Waals surface area (Å²) in [5.41, 5.74) is 1.72. The first-order valence-electron chi connectivity index (χ1n) is 3.93. The molecule has 0 N–H and O–H groups in total. The van der Waals surface area contributed by atoms with Crippen LogP contribution in [0.4, 0.5) is 0 Å². The van der Waals surface area contributed by atoms with Crippen LogP contribution in [0.3, 0.4) is 0 Å². The van der Waals surface area contributed by atoms with Crippen molar-refractivity contribution in [3.8, 4) is 0 Å². The molecule has 0 saturated heterocycles. The second-order valence-corrected chi connectivity index (χ2v) is 4.98. The van der Waals surface area contributed by atoms with Crippen molar-refractivity contribution in [2.24, 2.45) is 0 Å². The van der Waals surface area contributed by atoms with Crippen LogP contribution in [-0.2, 0) is 0 Å². The molecule has 0 amide bonds. The maximum atomic E-state index is 2.27. The van der Waals surface area contributed by atoms with Gasteiger partial charge in [0.15, 0.2) is 0 Å². The minimum atomic E-state index is 0.934. The van der Waals surface area contributed by atoms with E-state index in [0.717, 1.165) is 16.5 Å². The summed E-state index contributed by atoms with van der Waals surface area (Å²) >= 11 is 0.934. The van der Waals surface area contributed by atoms with Crippen molar-refractivity contribution in [3.05, 3.63) is 9.98 Å². The fraction of sp³-hybridized carbons (Fsp3) is 0.750. The Morgan fingerprint density at radius 3 is 1.56 bits per heavy atom. The Bertz CT molecular complexity index is 97.1. The molecule has 0 spiro atoms. The summed E-state index contributed by atoms with van der Waals surface area (Å²) in [4.78, 5) is 0. The molecule has 0 saturated carbocycles. The Kier molecular flexibility index (Phi) is 5.26. The van der Waals surface area contributed by atoms with Crippen LogP contribution in [0.1, 0.15) is 40.0 Å². The van der Waals surface area contributed by atoms with Gasteiger partial charge in [0.2, 0.25) is 0 Å². The number of hydrogen-bond donors (Lipinski definition) is 0. The van der Waals surface area contributed by atoms with Crippen LogP contribution in [-0.4, -0.2) is 16.5 Å². The van der Waals surface area contributed by atoms with E-state index in [0.29, 0.717) is 0 Å². The Labute approximate surface area is 66.9 Å². The molecule has 0 aromatic carbocycles. The average Bonchev–Trinajstić information content (AvgIpc) is 1.90. The fourth-order valence-corrected chi connectivity index (χ4v) is 2.59. The van der Waals surface area contributed by atoms with Crippen LogP contribution in [0.2, 0.25) is 0 Å². The molecule has 0 aromatic rings. The van der Waals surface area contributed by atoms with E-state index in [1.807, 2.05) is 0 Å². The molecule has 0 aromatic heterocycles. The van der Waals surface area contributed by atoms with E-state index >= 15 is 0 Å². The number of rotatable bonds is 3. The second kappa shape index (κ2) is 5.10. The third-order valence-electron chi connectivity index (χ3n) is 1.99. The quantitative estimate of drug-likeness (QED) is 0.591. The van der Waals surface area contributed by atoms with Crippen molar-refractivity contribution in [2.45, 2.75) is 40.0 Å². The van der Waals surface area contributed by atoms with E-state index in [2.05, 4.69) is 20.8 Å². The third-order valence-corrected chi connectivity index (χ3v) is 4.95. The van der Waals surface area contributed by atoms with Gasteiger partial charge in [-0.3, -0.25) is 0 Å². The van der Waals surface area contributed by atoms with Crippen LogP contribution in [0.5, 0.6) is 0 Å². The predicted molar refractivity (Wildman–Crippen MR) is 47.8 cm³/mol. The Morgan fingerprint density at radius 1 is 1.00 bits per heavy atom. The Morgan fingerprint density at radius 2 is 1.44 bits per heavy atom. The van der Waals surface area contributed by atoms with E-state index in [9.17, 15) is 0 Å². The van der Waals surface area contributed by atoms with Crippen LogP contribution < -0.4 is 0 Å². The van der Waals surface area contributed by atoms with Crippen molar-refractivity contribution in [3.63, 3.8) is 0 Å². The zero-order chi connectivity index (χ0) is 7.28. The summed E-state index contributed by atoms with van der Waals surface area (Å²) in [5, 5.41) is 0. The molecule has 0 aliphatic rings. The molecule has 0 atom stereocenters. The molecular formula is C8H18Ge. The first kappa shape index (κ1) is 9.28. The molecule has 0 bridgehead atoms. The van der Waals surface area contributed by atoms with Gasteiger partial charge >= 0.3 is 66.5 Å². The van der Waals surface area contributed by atoms with Gasteiger partial charge in [0.1, 0.15) is 0 Å². The van der Waals surface area contributed by atoms with Gasteiger partial charge < -0.3 is 0 Å². The molecule has 0 heterocycles. The van der Waals surface area contributed by atoms with Gasteiger partial charge in [0.25, 0.3) is 0 Å². The van der Waals surface area contributed by atoms with Gasteiger partial charge in [-0.2, -0.15) is 0 Å². The molecule has 0 nitrogen and oxygen atoms in total. The first-order valence-corrected chi connectivity index (χ1v) is 6.03. The van der Waals surface area contributed by atoms with Gasteiger partial charge in [-0.25, -0.2) is 0 Å². The molecule has 54 valence electrons. The normalized spacial score (nSPS) is 9.67. The van der Waals surface area contributed by atoms with Crippen LogP contribution >= 0.6 is 0 Å². The molecule has 0 rings (SSSR count). The van der Waals surface area contributed by atoms with Crippen molar-refractivity contribution < 1.29 is 0 Å². The molecule has 1 heteroatoms. The Balaban J connectivity index is 4.01. The predicted octanol–water partition coefficient (Wildman–Crippen LogP) is 1.84. The van der Waals surface area contributed by atoms with Gasteiger partial charge in [-0.15, -0.1) is 0 Å². The second-order valence-electron chi connectivity index (χ2n) is 2.44. The summed E-state index contributed by atoms with van der Waals surface area (Å²) in [6, 6.07) is 0. The summed E-state index contributed by atoms with van der Waals surface area (Å²) in [6.07, 6.45) is 3.86. The van der Waals surface area contributed by atoms with E-state index in [-0.39, 0.29) is 0 Å². The average molecular weight is 187 g/mol. The van der Waals surface area contributed by atoms with Crippen LogP contribution in [0.25, 0.3) is 0 Å². The Hall–Kier alpha value is 0.283. The van der Waals surface area contributed by atoms with Crippen molar-refractivity contribution in [1.82, 2.24) is 0 Å².